The van der Waals surface area contributed by atoms with Crippen LogP contribution in [0.25, 0.3) is 11.0 Å². The van der Waals surface area contributed by atoms with E-state index in [9.17, 15) is 14.7 Å². The zero-order chi connectivity index (χ0) is 31.3. The Labute approximate surface area is 261 Å². The standard InChI is InChI=1S/C31H28N8O5S/c1-43-22-8-4-19(5-9-22)17-39-28-26(27(37-39)35-21-3-2-14-38(18-21)31(41)42)25(12-13-33-28)44-23-10-6-20(7-11-23)29(40)36-30-34-16-24(15-32)45-30/h4-13,16,21H,2-3,14,17-18H2,1H3,(H,35,37)(H,41,42)(H,34,36,40)/t21-/m1/s1. The number of nitrogens with zero attached hydrogens (tertiary/aromatic N) is 6. The molecule has 0 bridgehead atoms. The Morgan fingerprint density at radius 1 is 1.11 bits per heavy atom. The number of amides is 2. The van der Waals surface area contributed by atoms with Crippen LogP contribution in [0.15, 0.2) is 67.0 Å². The summed E-state index contributed by atoms with van der Waals surface area (Å²) < 4.78 is 13.4. The van der Waals surface area contributed by atoms with Crippen molar-refractivity contribution in [3.05, 3.63) is 83.0 Å². The molecule has 2 aromatic carbocycles. The third-order valence-electron chi connectivity index (χ3n) is 7.30. The maximum absolute atomic E-state index is 12.7. The Balaban J connectivity index is 1.28. The van der Waals surface area contributed by atoms with E-state index in [-0.39, 0.29) is 11.9 Å². The van der Waals surface area contributed by atoms with Crippen molar-refractivity contribution in [1.29, 1.82) is 5.26 Å². The number of thiazole rings is 1. The summed E-state index contributed by atoms with van der Waals surface area (Å²) in [4.78, 5) is 34.8. The molecule has 1 fully saturated rings. The van der Waals surface area contributed by atoms with E-state index >= 15 is 0 Å². The molecular formula is C31H28N8O5S. The number of ether oxygens (including phenoxy) is 2. The molecule has 5 aromatic rings. The molecule has 0 saturated carbocycles. The highest BCUT2D eigenvalue weighted by atomic mass is 32.1. The van der Waals surface area contributed by atoms with Gasteiger partial charge in [0.2, 0.25) is 0 Å². The van der Waals surface area contributed by atoms with Gasteiger partial charge in [0, 0.05) is 37.0 Å². The van der Waals surface area contributed by atoms with Crippen LogP contribution in [0, 0.1) is 11.3 Å². The first-order valence-electron chi connectivity index (χ1n) is 14.1. The van der Waals surface area contributed by atoms with Gasteiger partial charge in [-0.3, -0.25) is 10.1 Å². The third-order valence-corrected chi connectivity index (χ3v) is 8.12. The number of anilines is 2. The highest BCUT2D eigenvalue weighted by Gasteiger charge is 2.26. The molecule has 13 nitrogen and oxygen atoms in total. The van der Waals surface area contributed by atoms with Crippen LogP contribution in [0.3, 0.4) is 0 Å². The molecule has 1 aliphatic rings. The lowest BCUT2D eigenvalue weighted by Gasteiger charge is -2.31. The summed E-state index contributed by atoms with van der Waals surface area (Å²) in [7, 11) is 1.62. The summed E-state index contributed by atoms with van der Waals surface area (Å²) in [6.45, 7) is 1.26. The summed E-state index contributed by atoms with van der Waals surface area (Å²) in [5.74, 6) is 1.92. The monoisotopic (exact) mass is 624 g/mol. The number of carbonyl (C=O) groups excluding carboxylic acids is 1. The highest BCUT2D eigenvalue weighted by molar-refractivity contribution is 7.16. The zero-order valence-corrected chi connectivity index (χ0v) is 25.0. The van der Waals surface area contributed by atoms with E-state index in [2.05, 4.69) is 20.6 Å². The van der Waals surface area contributed by atoms with Gasteiger partial charge in [0.25, 0.3) is 5.91 Å². The number of hydrogen-bond donors (Lipinski definition) is 3. The molecular weight excluding hydrogens is 596 g/mol. The summed E-state index contributed by atoms with van der Waals surface area (Å²) in [6, 6.07) is 17.9. The number of nitrogens with one attached hydrogen (secondary N) is 2. The second-order valence-electron chi connectivity index (χ2n) is 10.3. The molecule has 0 spiro atoms. The summed E-state index contributed by atoms with van der Waals surface area (Å²) in [5, 5.41) is 30.5. The smallest absolute Gasteiger partial charge is 0.407 e. The molecule has 3 aromatic heterocycles. The molecule has 4 heterocycles. The molecule has 0 radical (unpaired) electrons. The maximum Gasteiger partial charge on any atom is 0.407 e. The van der Waals surface area contributed by atoms with Gasteiger partial charge in [0.15, 0.2) is 16.6 Å². The topological polar surface area (TPSA) is 168 Å². The summed E-state index contributed by atoms with van der Waals surface area (Å²) >= 11 is 1.09. The number of likely N-dealkylation sites (tertiary alicyclic amines) is 1. The van der Waals surface area contributed by atoms with Crippen LogP contribution in [-0.4, -0.2) is 68.0 Å². The average molecular weight is 625 g/mol. The zero-order valence-electron chi connectivity index (χ0n) is 24.1. The number of pyridine rings is 1. The molecule has 2 amide bonds. The number of piperidine rings is 1. The number of aromatic nitrogens is 4. The van der Waals surface area contributed by atoms with E-state index in [0.29, 0.717) is 63.6 Å². The number of methoxy groups -OCH3 is 1. The minimum absolute atomic E-state index is 0.143. The predicted molar refractivity (Wildman–Crippen MR) is 167 cm³/mol. The molecule has 3 N–H and O–H groups in total. The van der Waals surface area contributed by atoms with Crippen molar-refractivity contribution in [2.45, 2.75) is 25.4 Å². The fourth-order valence-corrected chi connectivity index (χ4v) is 5.69. The van der Waals surface area contributed by atoms with Gasteiger partial charge in [-0.15, -0.1) is 0 Å². The van der Waals surface area contributed by atoms with E-state index in [1.807, 2.05) is 30.3 Å². The van der Waals surface area contributed by atoms with Crippen LogP contribution < -0.4 is 20.1 Å². The van der Waals surface area contributed by atoms with Crippen molar-refractivity contribution in [3.63, 3.8) is 0 Å². The van der Waals surface area contributed by atoms with Crippen LogP contribution in [0.4, 0.5) is 15.7 Å². The van der Waals surface area contributed by atoms with Crippen molar-refractivity contribution < 1.29 is 24.2 Å². The Hall–Kier alpha value is -5.68. The molecule has 6 rings (SSSR count). The Bertz CT molecular complexity index is 1880. The molecule has 45 heavy (non-hydrogen) atoms. The van der Waals surface area contributed by atoms with Crippen molar-refractivity contribution in [2.75, 3.05) is 30.8 Å². The molecule has 228 valence electrons. The Kier molecular flexibility index (Phi) is 8.43. The van der Waals surface area contributed by atoms with Crippen LogP contribution in [0.1, 0.15) is 33.6 Å². The first kappa shape index (κ1) is 29.4. The third kappa shape index (κ3) is 6.63. The minimum Gasteiger partial charge on any atom is -0.497 e. The number of fused-ring (bicyclic) bond motifs is 1. The van der Waals surface area contributed by atoms with E-state index in [1.54, 1.807) is 48.3 Å². The Morgan fingerprint density at radius 3 is 2.60 bits per heavy atom. The lowest BCUT2D eigenvalue weighted by atomic mass is 10.1. The minimum atomic E-state index is -0.946. The number of carbonyl (C=O) groups is 2. The molecule has 1 saturated heterocycles. The summed E-state index contributed by atoms with van der Waals surface area (Å²) in [6.07, 6.45) is 3.63. The van der Waals surface area contributed by atoms with Gasteiger partial charge in [0.1, 0.15) is 33.6 Å². The second kappa shape index (κ2) is 12.9. The van der Waals surface area contributed by atoms with Crippen LogP contribution in [0.5, 0.6) is 17.2 Å². The van der Waals surface area contributed by atoms with Gasteiger partial charge in [-0.05, 0) is 54.8 Å². The first-order valence-corrected chi connectivity index (χ1v) is 14.9. The molecule has 0 aliphatic carbocycles. The van der Waals surface area contributed by atoms with E-state index < -0.39 is 6.09 Å². The number of carboxylic acid groups (broad SMARTS) is 1. The van der Waals surface area contributed by atoms with Gasteiger partial charge in [-0.2, -0.15) is 10.4 Å². The quantitative estimate of drug-likeness (QED) is 0.193. The number of rotatable bonds is 9. The second-order valence-corrected chi connectivity index (χ2v) is 11.3. The molecule has 0 unspecified atom stereocenters. The van der Waals surface area contributed by atoms with Crippen molar-refractivity contribution in [1.82, 2.24) is 24.6 Å². The van der Waals surface area contributed by atoms with E-state index in [0.717, 1.165) is 35.5 Å². The lowest BCUT2D eigenvalue weighted by molar-refractivity contribution is 0.102. The van der Waals surface area contributed by atoms with Crippen LogP contribution in [0.2, 0.25) is 0 Å². The fraction of sp³-hybridized carbons (Fsp3) is 0.226. The first-order chi connectivity index (χ1) is 21.9. The number of hydrogen-bond acceptors (Lipinski definition) is 10. The summed E-state index contributed by atoms with van der Waals surface area (Å²) in [5.41, 5.74) is 1.98. The van der Waals surface area contributed by atoms with Crippen molar-refractivity contribution >= 4 is 45.3 Å². The van der Waals surface area contributed by atoms with Gasteiger partial charge >= 0.3 is 6.09 Å². The largest absolute Gasteiger partial charge is 0.497 e. The van der Waals surface area contributed by atoms with Crippen molar-refractivity contribution in [3.8, 4) is 23.3 Å². The Morgan fingerprint density at radius 2 is 1.89 bits per heavy atom. The number of nitriles is 1. The SMILES string of the molecule is COc1ccc(Cn2nc(N[C@@H]3CCCN(C(=O)O)C3)c3c(Oc4ccc(C(=O)Nc5ncc(C#N)s5)cc4)ccnc32)cc1. The van der Waals surface area contributed by atoms with Gasteiger partial charge in [-0.25, -0.2) is 19.4 Å². The van der Waals surface area contributed by atoms with Crippen LogP contribution >= 0.6 is 11.3 Å². The average Bonchev–Trinajstić information content (AvgIpc) is 3.66. The van der Waals surface area contributed by atoms with Crippen molar-refractivity contribution in [2.24, 2.45) is 0 Å². The van der Waals surface area contributed by atoms with E-state index in [4.69, 9.17) is 19.8 Å². The predicted octanol–water partition coefficient (Wildman–Crippen LogP) is 5.42. The van der Waals surface area contributed by atoms with Crippen LogP contribution in [-0.2, 0) is 6.54 Å². The van der Waals surface area contributed by atoms with Gasteiger partial charge in [0.05, 0.1) is 19.9 Å². The molecule has 1 atom stereocenters. The van der Waals surface area contributed by atoms with Gasteiger partial charge < -0.3 is 24.8 Å². The normalized spacial score (nSPS) is 14.5. The lowest BCUT2D eigenvalue weighted by Crippen LogP contribution is -2.44. The molecule has 1 aliphatic heterocycles. The maximum atomic E-state index is 12.7. The number of benzene rings is 2. The molecule has 14 heteroatoms. The van der Waals surface area contributed by atoms with Gasteiger partial charge in [-0.1, -0.05) is 23.5 Å². The highest BCUT2D eigenvalue weighted by Crippen LogP contribution is 2.35. The fourth-order valence-electron chi connectivity index (χ4n) is 5.09. The van der Waals surface area contributed by atoms with E-state index in [1.165, 1.54) is 11.1 Å².